The molecular formula is C8H8N4O2S2. The molecule has 1 heterocycles. The van der Waals surface area contributed by atoms with Gasteiger partial charge in [0.1, 0.15) is 0 Å². The Bertz CT molecular complexity index is 579. The van der Waals surface area contributed by atoms with Crippen LogP contribution in [0.5, 0.6) is 0 Å². The number of hydrogen-bond acceptors (Lipinski definition) is 6. The van der Waals surface area contributed by atoms with Gasteiger partial charge in [-0.2, -0.15) is 8.42 Å². The molecule has 0 aliphatic heterocycles. The molecule has 84 valence electrons. The van der Waals surface area contributed by atoms with Gasteiger partial charge in [0.2, 0.25) is 5.13 Å². The van der Waals surface area contributed by atoms with Crippen molar-refractivity contribution in [2.24, 2.45) is 0 Å². The Hall–Kier alpha value is -1.67. The van der Waals surface area contributed by atoms with Gasteiger partial charge in [-0.25, -0.2) is 0 Å². The van der Waals surface area contributed by atoms with Crippen LogP contribution in [-0.4, -0.2) is 18.6 Å². The van der Waals surface area contributed by atoms with E-state index in [1.165, 1.54) is 0 Å². The maximum absolute atomic E-state index is 11.8. The highest BCUT2D eigenvalue weighted by Crippen LogP contribution is 2.19. The molecule has 0 amide bonds. The summed E-state index contributed by atoms with van der Waals surface area (Å²) in [6, 6.07) is 8.53. The van der Waals surface area contributed by atoms with Gasteiger partial charge in [-0.1, -0.05) is 29.5 Å². The van der Waals surface area contributed by atoms with Gasteiger partial charge in [-0.15, -0.1) is 10.2 Å². The van der Waals surface area contributed by atoms with E-state index in [4.69, 9.17) is 5.73 Å². The quantitative estimate of drug-likeness (QED) is 0.851. The third-order valence-electron chi connectivity index (χ3n) is 1.68. The van der Waals surface area contributed by atoms with E-state index in [1.54, 1.807) is 30.3 Å². The Kier molecular flexibility index (Phi) is 2.75. The highest BCUT2D eigenvalue weighted by molar-refractivity contribution is 7.94. The number of aromatic nitrogens is 2. The van der Waals surface area contributed by atoms with Crippen LogP contribution in [0.1, 0.15) is 0 Å². The topological polar surface area (TPSA) is 98.0 Å². The Morgan fingerprint density at radius 1 is 1.19 bits per heavy atom. The lowest BCUT2D eigenvalue weighted by atomic mass is 10.3. The highest BCUT2D eigenvalue weighted by atomic mass is 32.2. The zero-order valence-corrected chi connectivity index (χ0v) is 9.62. The van der Waals surface area contributed by atoms with Crippen molar-refractivity contribution >= 4 is 32.2 Å². The predicted octanol–water partition coefficient (Wildman–Crippen LogP) is 0.921. The molecule has 6 nitrogen and oxygen atoms in total. The van der Waals surface area contributed by atoms with Crippen LogP contribution in [0.2, 0.25) is 0 Å². The fourth-order valence-electron chi connectivity index (χ4n) is 1.03. The molecule has 0 saturated heterocycles. The fraction of sp³-hybridized carbons (Fsp3) is 0. The smallest absolute Gasteiger partial charge is 0.291 e. The fourth-order valence-corrected chi connectivity index (χ4v) is 2.88. The van der Waals surface area contributed by atoms with Crippen LogP contribution in [-0.2, 0) is 10.0 Å². The second-order valence-electron chi connectivity index (χ2n) is 2.88. The van der Waals surface area contributed by atoms with Gasteiger partial charge >= 0.3 is 0 Å². The van der Waals surface area contributed by atoms with Crippen molar-refractivity contribution in [2.45, 2.75) is 4.34 Å². The Balaban J connectivity index is 2.28. The van der Waals surface area contributed by atoms with Crippen molar-refractivity contribution in [2.75, 3.05) is 10.5 Å². The highest BCUT2D eigenvalue weighted by Gasteiger charge is 2.19. The monoisotopic (exact) mass is 256 g/mol. The molecule has 2 rings (SSSR count). The number of anilines is 2. The molecule has 0 fully saturated rings. The minimum absolute atomic E-state index is 0.119. The zero-order chi connectivity index (χ0) is 11.6. The lowest BCUT2D eigenvalue weighted by Gasteiger charge is -2.03. The van der Waals surface area contributed by atoms with E-state index in [-0.39, 0.29) is 9.47 Å². The summed E-state index contributed by atoms with van der Waals surface area (Å²) in [5, 5.41) is 7.05. The van der Waals surface area contributed by atoms with Crippen LogP contribution in [0.3, 0.4) is 0 Å². The maximum Gasteiger partial charge on any atom is 0.291 e. The molecule has 0 unspecified atom stereocenters. The zero-order valence-electron chi connectivity index (χ0n) is 7.99. The third kappa shape index (κ3) is 2.28. The lowest BCUT2D eigenvalue weighted by molar-refractivity contribution is 0.599. The van der Waals surface area contributed by atoms with Gasteiger partial charge in [0.05, 0.1) is 0 Å². The van der Waals surface area contributed by atoms with Gasteiger partial charge in [0.25, 0.3) is 14.4 Å². The van der Waals surface area contributed by atoms with Crippen LogP contribution < -0.4 is 10.5 Å². The molecule has 0 radical (unpaired) electrons. The number of para-hydroxylation sites is 1. The average molecular weight is 256 g/mol. The minimum Gasteiger partial charge on any atom is -0.374 e. The largest absolute Gasteiger partial charge is 0.374 e. The first-order chi connectivity index (χ1) is 7.58. The third-order valence-corrected chi connectivity index (χ3v) is 4.18. The van der Waals surface area contributed by atoms with Crippen molar-refractivity contribution in [3.8, 4) is 0 Å². The Labute approximate surface area is 96.2 Å². The van der Waals surface area contributed by atoms with E-state index in [0.29, 0.717) is 5.69 Å². The summed E-state index contributed by atoms with van der Waals surface area (Å²) in [5.41, 5.74) is 5.79. The van der Waals surface area contributed by atoms with Crippen LogP contribution >= 0.6 is 11.3 Å². The second kappa shape index (κ2) is 4.06. The number of nitrogen functional groups attached to an aromatic ring is 1. The predicted molar refractivity (Wildman–Crippen MR) is 61.6 cm³/mol. The summed E-state index contributed by atoms with van der Waals surface area (Å²) < 4.78 is 25.7. The van der Waals surface area contributed by atoms with E-state index in [9.17, 15) is 8.42 Å². The van der Waals surface area contributed by atoms with Crippen molar-refractivity contribution in [1.29, 1.82) is 0 Å². The number of rotatable bonds is 3. The SMILES string of the molecule is Nc1nnc(S(=O)(=O)Nc2ccccc2)s1. The van der Waals surface area contributed by atoms with Gasteiger partial charge < -0.3 is 5.73 Å². The second-order valence-corrected chi connectivity index (χ2v) is 5.74. The number of hydrogen-bond donors (Lipinski definition) is 2. The number of sulfonamides is 1. The van der Waals surface area contributed by atoms with E-state index < -0.39 is 10.0 Å². The summed E-state index contributed by atoms with van der Waals surface area (Å²) in [6.45, 7) is 0. The molecule has 8 heteroatoms. The van der Waals surface area contributed by atoms with Crippen molar-refractivity contribution in [1.82, 2.24) is 10.2 Å². The number of nitrogens with zero attached hydrogens (tertiary/aromatic N) is 2. The van der Waals surface area contributed by atoms with Crippen molar-refractivity contribution < 1.29 is 8.42 Å². The van der Waals surface area contributed by atoms with Gasteiger partial charge in [0, 0.05) is 5.69 Å². The number of nitrogens with one attached hydrogen (secondary N) is 1. The molecule has 0 aliphatic rings. The Morgan fingerprint density at radius 2 is 1.88 bits per heavy atom. The lowest BCUT2D eigenvalue weighted by Crippen LogP contribution is -2.12. The maximum atomic E-state index is 11.8. The molecule has 1 aromatic heterocycles. The molecule has 0 atom stereocenters. The van der Waals surface area contributed by atoms with Crippen molar-refractivity contribution in [3.63, 3.8) is 0 Å². The summed E-state index contributed by atoms with van der Waals surface area (Å²) in [4.78, 5) is 0. The van der Waals surface area contributed by atoms with Crippen LogP contribution in [0.4, 0.5) is 10.8 Å². The molecule has 0 spiro atoms. The van der Waals surface area contributed by atoms with Crippen molar-refractivity contribution in [3.05, 3.63) is 30.3 Å². The summed E-state index contributed by atoms with van der Waals surface area (Å²) in [7, 11) is -3.68. The first-order valence-electron chi connectivity index (χ1n) is 4.25. The standard InChI is InChI=1S/C8H8N4O2S2/c9-7-10-11-8(15-7)16(13,14)12-6-4-2-1-3-5-6/h1-5,12H,(H2,9,10). The first kappa shape index (κ1) is 10.8. The van der Waals surface area contributed by atoms with Crippen LogP contribution in [0.25, 0.3) is 0 Å². The summed E-state index contributed by atoms with van der Waals surface area (Å²) in [6.07, 6.45) is 0. The first-order valence-corrected chi connectivity index (χ1v) is 6.55. The van der Waals surface area contributed by atoms with Gasteiger partial charge in [-0.3, -0.25) is 4.72 Å². The summed E-state index contributed by atoms with van der Waals surface area (Å²) in [5.74, 6) is 0. The van der Waals surface area contributed by atoms with Crippen LogP contribution in [0, 0.1) is 0 Å². The van der Waals surface area contributed by atoms with Gasteiger partial charge in [0.15, 0.2) is 0 Å². The van der Waals surface area contributed by atoms with Crippen LogP contribution in [0.15, 0.2) is 34.7 Å². The van der Waals surface area contributed by atoms with E-state index in [2.05, 4.69) is 14.9 Å². The molecular weight excluding hydrogens is 248 g/mol. The number of benzene rings is 1. The molecule has 0 aliphatic carbocycles. The van der Waals surface area contributed by atoms with E-state index in [1.807, 2.05) is 0 Å². The Morgan fingerprint density at radius 3 is 2.44 bits per heavy atom. The molecule has 2 aromatic rings. The van der Waals surface area contributed by atoms with E-state index in [0.717, 1.165) is 11.3 Å². The molecule has 1 aromatic carbocycles. The molecule has 0 saturated carbocycles. The molecule has 3 N–H and O–H groups in total. The normalized spacial score (nSPS) is 11.2. The average Bonchev–Trinajstić information content (AvgIpc) is 2.66. The minimum atomic E-state index is -3.68. The molecule has 16 heavy (non-hydrogen) atoms. The van der Waals surface area contributed by atoms with E-state index >= 15 is 0 Å². The summed E-state index contributed by atoms with van der Waals surface area (Å²) >= 11 is 0.819. The van der Waals surface area contributed by atoms with Gasteiger partial charge in [-0.05, 0) is 12.1 Å². The number of nitrogens with two attached hydrogens (primary N) is 1. The molecule has 0 bridgehead atoms.